The van der Waals surface area contributed by atoms with Crippen molar-refractivity contribution in [2.45, 2.75) is 38.1 Å². The molecule has 2 aliphatic rings. The molecule has 0 aromatic heterocycles. The number of rotatable bonds is 4. The molecule has 0 bridgehead atoms. The van der Waals surface area contributed by atoms with E-state index in [1.165, 1.54) is 12.8 Å². The zero-order chi connectivity index (χ0) is 15.4. The number of hydrogen-bond donors (Lipinski definition) is 3. The fourth-order valence-electron chi connectivity index (χ4n) is 3.17. The predicted octanol–water partition coefficient (Wildman–Crippen LogP) is 2.33. The number of halogens is 1. The molecule has 1 saturated heterocycles. The summed E-state index contributed by atoms with van der Waals surface area (Å²) in [6.07, 6.45) is 5.44. The summed E-state index contributed by atoms with van der Waals surface area (Å²) >= 11 is 0. The van der Waals surface area contributed by atoms with E-state index in [0.717, 1.165) is 38.0 Å². The van der Waals surface area contributed by atoms with Crippen LogP contribution < -0.4 is 16.0 Å². The van der Waals surface area contributed by atoms with Crippen LogP contribution in [-0.2, 0) is 4.79 Å². The van der Waals surface area contributed by atoms with Crippen LogP contribution in [0, 0.1) is 5.92 Å². The number of anilines is 1. The molecule has 3 N–H and O–H groups in total. The van der Waals surface area contributed by atoms with Crippen LogP contribution >= 0.6 is 12.4 Å². The molecule has 0 radical (unpaired) electrons. The van der Waals surface area contributed by atoms with E-state index in [-0.39, 0.29) is 30.1 Å². The van der Waals surface area contributed by atoms with Gasteiger partial charge in [-0.3, -0.25) is 9.59 Å². The van der Waals surface area contributed by atoms with E-state index in [9.17, 15) is 9.59 Å². The zero-order valence-corrected chi connectivity index (χ0v) is 14.0. The van der Waals surface area contributed by atoms with Gasteiger partial charge in [-0.05, 0) is 50.1 Å². The standard InChI is InChI=1S/C17H23N3O2.ClH/c21-16(19-14-3-1-2-4-14)12-5-7-15(8-6-12)20-17(22)13-9-10-18-11-13;/h5-8,13-14,18H,1-4,9-11H2,(H,19,21)(H,20,22);1H. The molecule has 6 heteroatoms. The first-order valence-corrected chi connectivity index (χ1v) is 8.15. The van der Waals surface area contributed by atoms with E-state index in [0.29, 0.717) is 11.6 Å². The highest BCUT2D eigenvalue weighted by atomic mass is 35.5. The summed E-state index contributed by atoms with van der Waals surface area (Å²) in [6, 6.07) is 7.45. The van der Waals surface area contributed by atoms with Crippen molar-refractivity contribution in [2.75, 3.05) is 18.4 Å². The second-order valence-electron chi connectivity index (χ2n) is 6.21. The summed E-state index contributed by atoms with van der Waals surface area (Å²) in [4.78, 5) is 24.2. The Morgan fingerprint density at radius 3 is 2.35 bits per heavy atom. The van der Waals surface area contributed by atoms with Crippen molar-refractivity contribution in [3.63, 3.8) is 0 Å². The van der Waals surface area contributed by atoms with Crippen LogP contribution in [0.5, 0.6) is 0 Å². The van der Waals surface area contributed by atoms with Crippen molar-refractivity contribution in [2.24, 2.45) is 5.92 Å². The van der Waals surface area contributed by atoms with Gasteiger partial charge in [0.2, 0.25) is 5.91 Å². The molecule has 1 atom stereocenters. The van der Waals surface area contributed by atoms with Crippen molar-refractivity contribution < 1.29 is 9.59 Å². The summed E-state index contributed by atoms with van der Waals surface area (Å²) in [7, 11) is 0. The van der Waals surface area contributed by atoms with Crippen molar-refractivity contribution in [1.82, 2.24) is 10.6 Å². The number of benzene rings is 1. The number of nitrogens with one attached hydrogen (secondary N) is 3. The third-order valence-electron chi connectivity index (χ3n) is 4.54. The molecule has 1 aliphatic heterocycles. The predicted molar refractivity (Wildman–Crippen MR) is 93.0 cm³/mol. The van der Waals surface area contributed by atoms with E-state index in [4.69, 9.17) is 0 Å². The van der Waals surface area contributed by atoms with E-state index in [1.807, 2.05) is 0 Å². The molecule has 1 heterocycles. The summed E-state index contributed by atoms with van der Waals surface area (Å²) in [5, 5.41) is 9.16. The summed E-state index contributed by atoms with van der Waals surface area (Å²) in [5.41, 5.74) is 1.39. The average Bonchev–Trinajstić information content (AvgIpc) is 3.21. The van der Waals surface area contributed by atoms with Crippen molar-refractivity contribution in [3.05, 3.63) is 29.8 Å². The van der Waals surface area contributed by atoms with Gasteiger partial charge in [-0.2, -0.15) is 0 Å². The lowest BCUT2D eigenvalue weighted by Gasteiger charge is -2.13. The highest BCUT2D eigenvalue weighted by molar-refractivity contribution is 5.96. The molecule has 0 spiro atoms. The summed E-state index contributed by atoms with van der Waals surface area (Å²) < 4.78 is 0. The van der Waals surface area contributed by atoms with Gasteiger partial charge >= 0.3 is 0 Å². The van der Waals surface area contributed by atoms with Gasteiger partial charge in [-0.15, -0.1) is 12.4 Å². The molecule has 2 fully saturated rings. The van der Waals surface area contributed by atoms with E-state index in [2.05, 4.69) is 16.0 Å². The lowest BCUT2D eigenvalue weighted by Crippen LogP contribution is -2.32. The molecule has 1 unspecified atom stereocenters. The molecule has 1 saturated carbocycles. The fraction of sp³-hybridized carbons (Fsp3) is 0.529. The Labute approximate surface area is 143 Å². The lowest BCUT2D eigenvalue weighted by molar-refractivity contribution is -0.119. The number of carbonyl (C=O) groups is 2. The van der Waals surface area contributed by atoms with Crippen molar-refractivity contribution >= 4 is 29.9 Å². The Bertz CT molecular complexity index is 535. The lowest BCUT2D eigenvalue weighted by atomic mass is 10.1. The number of amides is 2. The molecular formula is C17H24ClN3O2. The Morgan fingerprint density at radius 2 is 1.74 bits per heavy atom. The quantitative estimate of drug-likeness (QED) is 0.789. The zero-order valence-electron chi connectivity index (χ0n) is 13.1. The van der Waals surface area contributed by atoms with Gasteiger partial charge in [0, 0.05) is 23.8 Å². The Morgan fingerprint density at radius 1 is 1.04 bits per heavy atom. The smallest absolute Gasteiger partial charge is 0.251 e. The minimum atomic E-state index is -0.0234. The topological polar surface area (TPSA) is 70.2 Å². The molecule has 2 amide bonds. The van der Waals surface area contributed by atoms with Gasteiger partial charge in [0.15, 0.2) is 0 Å². The average molecular weight is 338 g/mol. The maximum atomic E-state index is 12.1. The fourth-order valence-corrected chi connectivity index (χ4v) is 3.17. The maximum Gasteiger partial charge on any atom is 0.251 e. The number of hydrogen-bond acceptors (Lipinski definition) is 3. The van der Waals surface area contributed by atoms with Gasteiger partial charge in [0.05, 0.1) is 5.92 Å². The normalized spacial score (nSPS) is 20.8. The van der Waals surface area contributed by atoms with Gasteiger partial charge < -0.3 is 16.0 Å². The van der Waals surface area contributed by atoms with Gasteiger partial charge in [0.25, 0.3) is 5.91 Å². The minimum absolute atomic E-state index is 0. The van der Waals surface area contributed by atoms with Crippen LogP contribution in [0.15, 0.2) is 24.3 Å². The Kier molecular flexibility index (Phi) is 6.42. The maximum absolute atomic E-state index is 12.1. The monoisotopic (exact) mass is 337 g/mol. The van der Waals surface area contributed by atoms with Crippen molar-refractivity contribution in [3.8, 4) is 0 Å². The SMILES string of the molecule is Cl.O=C(NC1CCCC1)c1ccc(NC(=O)C2CCNC2)cc1. The molecular weight excluding hydrogens is 314 g/mol. The first kappa shape index (κ1) is 17.8. The van der Waals surface area contributed by atoms with Crippen LogP contribution in [0.2, 0.25) is 0 Å². The first-order valence-electron chi connectivity index (χ1n) is 8.15. The first-order chi connectivity index (χ1) is 10.7. The molecule has 1 aliphatic carbocycles. The minimum Gasteiger partial charge on any atom is -0.349 e. The van der Waals surface area contributed by atoms with Gasteiger partial charge in [0.1, 0.15) is 0 Å². The third kappa shape index (κ3) is 4.69. The van der Waals surface area contributed by atoms with E-state index < -0.39 is 0 Å². The molecule has 126 valence electrons. The van der Waals surface area contributed by atoms with Gasteiger partial charge in [-0.25, -0.2) is 0 Å². The highest BCUT2D eigenvalue weighted by Crippen LogP contribution is 2.19. The van der Waals surface area contributed by atoms with Crippen LogP contribution in [-0.4, -0.2) is 30.9 Å². The molecule has 1 aromatic rings. The third-order valence-corrected chi connectivity index (χ3v) is 4.54. The largest absolute Gasteiger partial charge is 0.349 e. The van der Waals surface area contributed by atoms with Crippen LogP contribution in [0.3, 0.4) is 0 Å². The van der Waals surface area contributed by atoms with Crippen LogP contribution in [0.4, 0.5) is 5.69 Å². The second-order valence-corrected chi connectivity index (χ2v) is 6.21. The Hall–Kier alpha value is -1.59. The highest BCUT2D eigenvalue weighted by Gasteiger charge is 2.22. The van der Waals surface area contributed by atoms with E-state index >= 15 is 0 Å². The second kappa shape index (κ2) is 8.31. The van der Waals surface area contributed by atoms with Crippen LogP contribution in [0.1, 0.15) is 42.5 Å². The number of carbonyl (C=O) groups excluding carboxylic acids is 2. The summed E-state index contributed by atoms with van der Waals surface area (Å²) in [6.45, 7) is 1.64. The van der Waals surface area contributed by atoms with Gasteiger partial charge in [-0.1, -0.05) is 12.8 Å². The van der Waals surface area contributed by atoms with E-state index in [1.54, 1.807) is 24.3 Å². The summed E-state index contributed by atoms with van der Waals surface area (Å²) in [5.74, 6) is 0.0725. The molecule has 3 rings (SSSR count). The molecule has 1 aromatic carbocycles. The Balaban J connectivity index is 0.00000192. The van der Waals surface area contributed by atoms with Crippen LogP contribution in [0.25, 0.3) is 0 Å². The molecule has 5 nitrogen and oxygen atoms in total. The van der Waals surface area contributed by atoms with Crippen molar-refractivity contribution in [1.29, 1.82) is 0 Å². The molecule has 23 heavy (non-hydrogen) atoms.